The molecule has 0 amide bonds. The SMILES string of the molecule is CCNC(Cc1nc(C)c(C)s1)Cc1cc(C)ccc1C. The van der Waals surface area contributed by atoms with E-state index in [2.05, 4.69) is 58.1 Å². The summed E-state index contributed by atoms with van der Waals surface area (Å²) in [5.74, 6) is 0. The molecule has 1 aromatic heterocycles. The first-order valence-corrected chi connectivity index (χ1v) is 8.53. The van der Waals surface area contributed by atoms with Crippen LogP contribution in [0.2, 0.25) is 0 Å². The molecule has 0 aliphatic carbocycles. The second-order valence-corrected chi connectivity index (χ2v) is 7.13. The molecule has 1 N–H and O–H groups in total. The maximum atomic E-state index is 4.69. The Labute approximate surface area is 132 Å². The molecular formula is C18H26N2S. The van der Waals surface area contributed by atoms with Gasteiger partial charge in [0.15, 0.2) is 0 Å². The zero-order valence-corrected chi connectivity index (χ0v) is 14.6. The van der Waals surface area contributed by atoms with Gasteiger partial charge >= 0.3 is 0 Å². The van der Waals surface area contributed by atoms with Gasteiger partial charge in [-0.1, -0.05) is 30.7 Å². The summed E-state index contributed by atoms with van der Waals surface area (Å²) >= 11 is 1.84. The van der Waals surface area contributed by atoms with Crippen molar-refractivity contribution >= 4 is 11.3 Å². The first-order chi connectivity index (χ1) is 9.99. The van der Waals surface area contributed by atoms with E-state index in [-0.39, 0.29) is 0 Å². The smallest absolute Gasteiger partial charge is 0.0946 e. The number of thiazole rings is 1. The van der Waals surface area contributed by atoms with Gasteiger partial charge in [0.2, 0.25) is 0 Å². The quantitative estimate of drug-likeness (QED) is 0.867. The first-order valence-electron chi connectivity index (χ1n) is 7.72. The van der Waals surface area contributed by atoms with Gasteiger partial charge in [-0.05, 0) is 51.8 Å². The molecule has 1 atom stereocenters. The van der Waals surface area contributed by atoms with Crippen molar-refractivity contribution in [2.75, 3.05) is 6.54 Å². The van der Waals surface area contributed by atoms with Crippen molar-refractivity contribution < 1.29 is 0 Å². The molecule has 0 spiro atoms. The van der Waals surface area contributed by atoms with Crippen LogP contribution >= 0.6 is 11.3 Å². The third-order valence-corrected chi connectivity index (χ3v) is 5.05. The monoisotopic (exact) mass is 302 g/mol. The molecule has 1 aromatic carbocycles. The van der Waals surface area contributed by atoms with Gasteiger partial charge in [-0.25, -0.2) is 4.98 Å². The number of benzene rings is 1. The molecule has 0 aliphatic rings. The lowest BCUT2D eigenvalue weighted by Gasteiger charge is -2.18. The van der Waals surface area contributed by atoms with E-state index in [0.29, 0.717) is 6.04 Å². The van der Waals surface area contributed by atoms with Crippen LogP contribution in [0.15, 0.2) is 18.2 Å². The van der Waals surface area contributed by atoms with E-state index < -0.39 is 0 Å². The molecule has 0 radical (unpaired) electrons. The molecule has 3 heteroatoms. The highest BCUT2D eigenvalue weighted by Crippen LogP contribution is 2.20. The van der Waals surface area contributed by atoms with Gasteiger partial charge in [0.25, 0.3) is 0 Å². The summed E-state index contributed by atoms with van der Waals surface area (Å²) in [6.45, 7) is 11.8. The van der Waals surface area contributed by atoms with E-state index in [4.69, 9.17) is 4.98 Å². The fraction of sp³-hybridized carbons (Fsp3) is 0.500. The molecule has 0 bridgehead atoms. The number of nitrogens with one attached hydrogen (secondary N) is 1. The molecule has 0 saturated carbocycles. The molecule has 114 valence electrons. The van der Waals surface area contributed by atoms with Crippen LogP contribution in [0.3, 0.4) is 0 Å². The van der Waals surface area contributed by atoms with E-state index in [9.17, 15) is 0 Å². The Kier molecular flexibility index (Phi) is 5.54. The standard InChI is InChI=1S/C18H26N2S/c1-6-19-17(11-18-20-14(4)15(5)21-18)10-16-9-12(2)7-8-13(16)3/h7-9,17,19H,6,10-11H2,1-5H3. The van der Waals surface area contributed by atoms with E-state index in [0.717, 1.165) is 19.4 Å². The van der Waals surface area contributed by atoms with E-state index in [1.807, 2.05) is 11.3 Å². The van der Waals surface area contributed by atoms with Crippen molar-refractivity contribution in [3.8, 4) is 0 Å². The molecule has 2 rings (SSSR count). The van der Waals surface area contributed by atoms with Gasteiger partial charge in [-0.3, -0.25) is 0 Å². The summed E-state index contributed by atoms with van der Waals surface area (Å²) in [6.07, 6.45) is 2.08. The molecule has 1 unspecified atom stereocenters. The van der Waals surface area contributed by atoms with Gasteiger partial charge in [-0.2, -0.15) is 0 Å². The number of rotatable bonds is 6. The molecule has 1 heterocycles. The Morgan fingerprint density at radius 2 is 1.90 bits per heavy atom. The Hall–Kier alpha value is -1.19. The normalized spacial score (nSPS) is 12.6. The summed E-state index contributed by atoms with van der Waals surface area (Å²) in [6, 6.07) is 7.19. The lowest BCUT2D eigenvalue weighted by atomic mass is 9.97. The van der Waals surface area contributed by atoms with Gasteiger partial charge in [0.05, 0.1) is 10.7 Å². The lowest BCUT2D eigenvalue weighted by molar-refractivity contribution is 0.519. The third-order valence-electron chi connectivity index (χ3n) is 3.96. The minimum absolute atomic E-state index is 0.459. The first kappa shape index (κ1) is 16.2. The van der Waals surface area contributed by atoms with Crippen LogP contribution in [0.5, 0.6) is 0 Å². The molecule has 21 heavy (non-hydrogen) atoms. The highest BCUT2D eigenvalue weighted by Gasteiger charge is 2.14. The largest absolute Gasteiger partial charge is 0.314 e. The van der Waals surface area contributed by atoms with Gasteiger partial charge in [0, 0.05) is 17.3 Å². The van der Waals surface area contributed by atoms with E-state index in [1.165, 1.54) is 32.3 Å². The summed E-state index contributed by atoms with van der Waals surface area (Å²) in [7, 11) is 0. The summed E-state index contributed by atoms with van der Waals surface area (Å²) in [5, 5.41) is 4.87. The fourth-order valence-electron chi connectivity index (χ4n) is 2.63. The topological polar surface area (TPSA) is 24.9 Å². The van der Waals surface area contributed by atoms with Crippen LogP contribution in [0.1, 0.15) is 39.2 Å². The second kappa shape index (κ2) is 7.19. The minimum Gasteiger partial charge on any atom is -0.314 e. The zero-order chi connectivity index (χ0) is 15.4. The van der Waals surface area contributed by atoms with Gasteiger partial charge in [-0.15, -0.1) is 11.3 Å². The third kappa shape index (κ3) is 4.39. The molecular weight excluding hydrogens is 276 g/mol. The van der Waals surface area contributed by atoms with Crippen molar-refractivity contribution in [2.24, 2.45) is 0 Å². The molecule has 0 saturated heterocycles. The lowest BCUT2D eigenvalue weighted by Crippen LogP contribution is -2.33. The average Bonchev–Trinajstić information content (AvgIpc) is 2.73. The molecule has 2 aromatic rings. The van der Waals surface area contributed by atoms with Crippen LogP contribution in [-0.2, 0) is 12.8 Å². The summed E-state index contributed by atoms with van der Waals surface area (Å²) < 4.78 is 0. The average molecular weight is 302 g/mol. The maximum absolute atomic E-state index is 4.69. The Bertz CT molecular complexity index is 582. The number of aromatic nitrogens is 1. The Balaban J connectivity index is 2.13. The predicted molar refractivity (Wildman–Crippen MR) is 92.4 cm³/mol. The Morgan fingerprint density at radius 1 is 1.14 bits per heavy atom. The minimum atomic E-state index is 0.459. The van der Waals surface area contributed by atoms with Crippen LogP contribution in [0.25, 0.3) is 0 Å². The summed E-state index contributed by atoms with van der Waals surface area (Å²) in [4.78, 5) is 6.03. The van der Waals surface area contributed by atoms with Crippen LogP contribution in [0, 0.1) is 27.7 Å². The number of nitrogens with zero attached hydrogens (tertiary/aromatic N) is 1. The van der Waals surface area contributed by atoms with Gasteiger partial charge < -0.3 is 5.32 Å². The number of likely N-dealkylation sites (N-methyl/N-ethyl adjacent to an activating group) is 1. The highest BCUT2D eigenvalue weighted by molar-refractivity contribution is 7.11. The van der Waals surface area contributed by atoms with Crippen LogP contribution < -0.4 is 5.32 Å². The van der Waals surface area contributed by atoms with Crippen molar-refractivity contribution in [1.82, 2.24) is 10.3 Å². The highest BCUT2D eigenvalue weighted by atomic mass is 32.1. The fourth-order valence-corrected chi connectivity index (χ4v) is 3.64. The van der Waals surface area contributed by atoms with E-state index >= 15 is 0 Å². The van der Waals surface area contributed by atoms with Crippen molar-refractivity contribution in [3.05, 3.63) is 50.5 Å². The zero-order valence-electron chi connectivity index (χ0n) is 13.8. The molecule has 0 aliphatic heterocycles. The van der Waals surface area contributed by atoms with E-state index in [1.54, 1.807) is 0 Å². The molecule has 2 nitrogen and oxygen atoms in total. The van der Waals surface area contributed by atoms with Gasteiger partial charge in [0.1, 0.15) is 0 Å². The van der Waals surface area contributed by atoms with Crippen molar-refractivity contribution in [3.63, 3.8) is 0 Å². The van der Waals surface area contributed by atoms with Crippen LogP contribution in [-0.4, -0.2) is 17.6 Å². The maximum Gasteiger partial charge on any atom is 0.0946 e. The number of hydrogen-bond donors (Lipinski definition) is 1. The van der Waals surface area contributed by atoms with Crippen molar-refractivity contribution in [2.45, 2.75) is 53.5 Å². The summed E-state index contributed by atoms with van der Waals surface area (Å²) in [5.41, 5.74) is 5.35. The Morgan fingerprint density at radius 3 is 2.52 bits per heavy atom. The number of aryl methyl sites for hydroxylation is 4. The molecule has 0 fully saturated rings. The number of hydrogen-bond acceptors (Lipinski definition) is 3. The second-order valence-electron chi connectivity index (χ2n) is 5.84. The van der Waals surface area contributed by atoms with Crippen LogP contribution in [0.4, 0.5) is 0 Å². The van der Waals surface area contributed by atoms with Crippen molar-refractivity contribution in [1.29, 1.82) is 0 Å². The predicted octanol–water partition coefficient (Wildman–Crippen LogP) is 4.14.